The van der Waals surface area contributed by atoms with Crippen molar-refractivity contribution in [3.05, 3.63) is 59.8 Å². The predicted octanol–water partition coefficient (Wildman–Crippen LogP) is 1.67. The first-order valence-electron chi connectivity index (χ1n) is 7.89. The Morgan fingerprint density at radius 3 is 2.29 bits per heavy atom. The van der Waals surface area contributed by atoms with Gasteiger partial charge in [0.1, 0.15) is 5.82 Å². The van der Waals surface area contributed by atoms with Gasteiger partial charge in [0, 0.05) is 32.4 Å². The molecule has 2 aromatic rings. The molecule has 0 bridgehead atoms. The van der Waals surface area contributed by atoms with Crippen molar-refractivity contribution in [2.45, 2.75) is 6.42 Å². The summed E-state index contributed by atoms with van der Waals surface area (Å²) in [7, 11) is 0. The highest BCUT2D eigenvalue weighted by Crippen LogP contribution is 2.15. The standard InChI is InChI=1S/C18H19N3O3/c22-17(12-14-4-2-1-3-5-14)21-10-8-20(9-11-21)16-7-6-15(13-19-16)18(23)24/h1-7,13H,8-12H2,(H,23,24). The molecule has 6 nitrogen and oxygen atoms in total. The molecule has 0 unspecified atom stereocenters. The molecule has 1 fully saturated rings. The molecule has 6 heteroatoms. The lowest BCUT2D eigenvalue weighted by Gasteiger charge is -2.35. The zero-order valence-electron chi connectivity index (χ0n) is 13.3. The smallest absolute Gasteiger partial charge is 0.337 e. The minimum Gasteiger partial charge on any atom is -0.478 e. The van der Waals surface area contributed by atoms with Crippen LogP contribution in [0.3, 0.4) is 0 Å². The molecule has 1 aromatic carbocycles. The molecule has 2 heterocycles. The fourth-order valence-corrected chi connectivity index (χ4v) is 2.77. The van der Waals surface area contributed by atoms with E-state index < -0.39 is 5.97 Å². The monoisotopic (exact) mass is 325 g/mol. The number of carbonyl (C=O) groups is 2. The molecule has 1 saturated heterocycles. The van der Waals surface area contributed by atoms with Crippen LogP contribution in [0, 0.1) is 0 Å². The quantitative estimate of drug-likeness (QED) is 0.926. The first kappa shape index (κ1) is 16.0. The second kappa shape index (κ2) is 7.12. The third-order valence-electron chi connectivity index (χ3n) is 4.15. The third kappa shape index (κ3) is 3.71. The SMILES string of the molecule is O=C(O)c1ccc(N2CCN(C(=O)Cc3ccccc3)CC2)nc1. The van der Waals surface area contributed by atoms with Crippen LogP contribution in [0.1, 0.15) is 15.9 Å². The van der Waals surface area contributed by atoms with Crippen LogP contribution in [0.5, 0.6) is 0 Å². The second-order valence-electron chi connectivity index (χ2n) is 5.74. The molecule has 124 valence electrons. The van der Waals surface area contributed by atoms with E-state index in [4.69, 9.17) is 5.11 Å². The van der Waals surface area contributed by atoms with Crippen molar-refractivity contribution in [1.29, 1.82) is 0 Å². The molecular formula is C18H19N3O3. The number of hydrogen-bond acceptors (Lipinski definition) is 4. The highest BCUT2D eigenvalue weighted by atomic mass is 16.4. The fourth-order valence-electron chi connectivity index (χ4n) is 2.77. The number of carboxylic acids is 1. The van der Waals surface area contributed by atoms with E-state index in [0.29, 0.717) is 32.6 Å². The van der Waals surface area contributed by atoms with Crippen molar-refractivity contribution >= 4 is 17.7 Å². The van der Waals surface area contributed by atoms with E-state index in [2.05, 4.69) is 9.88 Å². The van der Waals surface area contributed by atoms with E-state index in [1.54, 1.807) is 12.1 Å². The van der Waals surface area contributed by atoms with Crippen LogP contribution in [0.25, 0.3) is 0 Å². The first-order valence-corrected chi connectivity index (χ1v) is 7.89. The summed E-state index contributed by atoms with van der Waals surface area (Å²) in [6.07, 6.45) is 1.79. The van der Waals surface area contributed by atoms with Crippen LogP contribution in [0.15, 0.2) is 48.7 Å². The molecule has 1 aliphatic rings. The van der Waals surface area contributed by atoms with Gasteiger partial charge < -0.3 is 14.9 Å². The van der Waals surface area contributed by atoms with E-state index in [9.17, 15) is 9.59 Å². The number of hydrogen-bond donors (Lipinski definition) is 1. The Morgan fingerprint density at radius 1 is 1.00 bits per heavy atom. The number of nitrogens with zero attached hydrogens (tertiary/aromatic N) is 3. The number of benzene rings is 1. The Bertz CT molecular complexity index is 708. The summed E-state index contributed by atoms with van der Waals surface area (Å²) in [4.78, 5) is 31.4. The van der Waals surface area contributed by atoms with Gasteiger partial charge in [-0.05, 0) is 17.7 Å². The number of rotatable bonds is 4. The van der Waals surface area contributed by atoms with Gasteiger partial charge in [-0.2, -0.15) is 0 Å². The Balaban J connectivity index is 1.55. The van der Waals surface area contributed by atoms with Crippen molar-refractivity contribution in [2.75, 3.05) is 31.1 Å². The Morgan fingerprint density at radius 2 is 1.71 bits per heavy atom. The average Bonchev–Trinajstić information content (AvgIpc) is 2.63. The summed E-state index contributed by atoms with van der Waals surface area (Å²) in [6.45, 7) is 2.68. The van der Waals surface area contributed by atoms with Crippen LogP contribution < -0.4 is 4.90 Å². The van der Waals surface area contributed by atoms with Crippen LogP contribution in [0.2, 0.25) is 0 Å². The number of aromatic carboxylic acids is 1. The van der Waals surface area contributed by atoms with Gasteiger partial charge in [-0.1, -0.05) is 30.3 Å². The molecule has 3 rings (SSSR count). The molecule has 1 aliphatic heterocycles. The van der Waals surface area contributed by atoms with Crippen molar-refractivity contribution < 1.29 is 14.7 Å². The normalized spacial score (nSPS) is 14.5. The summed E-state index contributed by atoms with van der Waals surface area (Å²) >= 11 is 0. The van der Waals surface area contributed by atoms with Gasteiger partial charge in [0.25, 0.3) is 0 Å². The highest BCUT2D eigenvalue weighted by Gasteiger charge is 2.22. The van der Waals surface area contributed by atoms with Gasteiger partial charge in [-0.25, -0.2) is 9.78 Å². The summed E-state index contributed by atoms with van der Waals surface area (Å²) < 4.78 is 0. The van der Waals surface area contributed by atoms with E-state index in [1.165, 1.54) is 6.20 Å². The maximum Gasteiger partial charge on any atom is 0.337 e. The molecule has 1 N–H and O–H groups in total. The van der Waals surface area contributed by atoms with Gasteiger partial charge >= 0.3 is 5.97 Å². The molecule has 0 radical (unpaired) electrons. The molecule has 1 aromatic heterocycles. The highest BCUT2D eigenvalue weighted by molar-refractivity contribution is 5.87. The van der Waals surface area contributed by atoms with Crippen LogP contribution in [-0.4, -0.2) is 53.0 Å². The number of carboxylic acid groups (broad SMARTS) is 1. The van der Waals surface area contributed by atoms with Crippen molar-refractivity contribution in [3.63, 3.8) is 0 Å². The van der Waals surface area contributed by atoms with Gasteiger partial charge in [0.15, 0.2) is 0 Å². The lowest BCUT2D eigenvalue weighted by molar-refractivity contribution is -0.130. The summed E-state index contributed by atoms with van der Waals surface area (Å²) in [5.41, 5.74) is 1.20. The number of anilines is 1. The second-order valence-corrected chi connectivity index (χ2v) is 5.74. The lowest BCUT2D eigenvalue weighted by atomic mass is 10.1. The number of pyridine rings is 1. The average molecular weight is 325 g/mol. The molecular weight excluding hydrogens is 306 g/mol. The summed E-state index contributed by atoms with van der Waals surface area (Å²) in [6, 6.07) is 13.0. The fraction of sp³-hybridized carbons (Fsp3) is 0.278. The number of amides is 1. The molecule has 0 spiro atoms. The maximum absolute atomic E-state index is 12.4. The molecule has 0 aliphatic carbocycles. The van der Waals surface area contributed by atoms with Crippen LogP contribution in [-0.2, 0) is 11.2 Å². The Labute approximate surface area is 140 Å². The lowest BCUT2D eigenvalue weighted by Crippen LogP contribution is -2.49. The number of carbonyl (C=O) groups excluding carboxylic acids is 1. The third-order valence-corrected chi connectivity index (χ3v) is 4.15. The van der Waals surface area contributed by atoms with Crippen molar-refractivity contribution in [3.8, 4) is 0 Å². The molecule has 0 atom stereocenters. The van der Waals surface area contributed by atoms with Crippen molar-refractivity contribution in [2.24, 2.45) is 0 Å². The zero-order chi connectivity index (χ0) is 16.9. The molecule has 24 heavy (non-hydrogen) atoms. The van der Waals surface area contributed by atoms with Gasteiger partial charge in [-0.3, -0.25) is 4.79 Å². The summed E-state index contributed by atoms with van der Waals surface area (Å²) in [5.74, 6) is -0.101. The number of piperazine rings is 1. The van der Waals surface area contributed by atoms with Gasteiger partial charge in [-0.15, -0.1) is 0 Å². The van der Waals surface area contributed by atoms with Gasteiger partial charge in [0.05, 0.1) is 12.0 Å². The predicted molar refractivity (Wildman–Crippen MR) is 90.1 cm³/mol. The minimum absolute atomic E-state index is 0.134. The summed E-state index contributed by atoms with van der Waals surface area (Å²) in [5, 5.41) is 8.91. The van der Waals surface area contributed by atoms with E-state index in [0.717, 1.165) is 11.4 Å². The first-order chi connectivity index (χ1) is 11.6. The largest absolute Gasteiger partial charge is 0.478 e. The van der Waals surface area contributed by atoms with Crippen LogP contribution >= 0.6 is 0 Å². The van der Waals surface area contributed by atoms with E-state index >= 15 is 0 Å². The maximum atomic E-state index is 12.4. The van der Waals surface area contributed by atoms with Crippen LogP contribution in [0.4, 0.5) is 5.82 Å². The van der Waals surface area contributed by atoms with E-state index in [-0.39, 0.29) is 11.5 Å². The van der Waals surface area contributed by atoms with E-state index in [1.807, 2.05) is 35.2 Å². The Kier molecular flexibility index (Phi) is 4.74. The Hall–Kier alpha value is -2.89. The number of aromatic nitrogens is 1. The molecule has 0 saturated carbocycles. The van der Waals surface area contributed by atoms with Gasteiger partial charge in [0.2, 0.25) is 5.91 Å². The molecule has 1 amide bonds. The zero-order valence-corrected chi connectivity index (χ0v) is 13.3. The minimum atomic E-state index is -0.981. The topological polar surface area (TPSA) is 73.7 Å². The van der Waals surface area contributed by atoms with Crippen molar-refractivity contribution in [1.82, 2.24) is 9.88 Å².